The lowest BCUT2D eigenvalue weighted by Crippen LogP contribution is -2.40. The van der Waals surface area contributed by atoms with Crippen LogP contribution in [0.15, 0.2) is 0 Å². The van der Waals surface area contributed by atoms with Gasteiger partial charge in [0.25, 0.3) is 0 Å². The maximum atomic E-state index is 10.9. The molecule has 0 amide bonds. The Bertz CT molecular complexity index is 278. The third-order valence-corrected chi connectivity index (χ3v) is 5.01. The number of nitrogens with one attached hydrogen (secondary N) is 1. The van der Waals surface area contributed by atoms with Crippen LogP contribution in [0.2, 0.25) is 0 Å². The van der Waals surface area contributed by atoms with E-state index in [1.165, 1.54) is 38.5 Å². The molecule has 0 heterocycles. The Morgan fingerprint density at radius 3 is 2.32 bits per heavy atom. The Balaban J connectivity index is 1.65. The molecular weight excluding hydrogens is 238 g/mol. The van der Waals surface area contributed by atoms with Crippen molar-refractivity contribution in [2.75, 3.05) is 0 Å². The Labute approximate surface area is 117 Å². The number of rotatable bonds is 5. The zero-order chi connectivity index (χ0) is 13.7. The van der Waals surface area contributed by atoms with Crippen LogP contribution in [0.25, 0.3) is 0 Å². The Hall–Kier alpha value is -0.570. The molecule has 0 aliphatic heterocycles. The van der Waals surface area contributed by atoms with Crippen LogP contribution in [-0.2, 0) is 4.79 Å². The normalized spacial score (nSPS) is 31.0. The molecule has 2 aliphatic rings. The number of aliphatic carboxylic acids is 1. The molecule has 0 aromatic heterocycles. The van der Waals surface area contributed by atoms with Gasteiger partial charge in [0.15, 0.2) is 0 Å². The molecule has 3 heteroatoms. The molecule has 0 radical (unpaired) electrons. The molecule has 2 fully saturated rings. The van der Waals surface area contributed by atoms with Crippen LogP contribution in [0.5, 0.6) is 0 Å². The van der Waals surface area contributed by atoms with Crippen LogP contribution in [0.4, 0.5) is 0 Å². The predicted octanol–water partition coefficient (Wildman–Crippen LogP) is 3.58. The van der Waals surface area contributed by atoms with Gasteiger partial charge >= 0.3 is 5.97 Å². The Morgan fingerprint density at radius 2 is 1.74 bits per heavy atom. The average Bonchev–Trinajstić information content (AvgIpc) is 2.40. The van der Waals surface area contributed by atoms with E-state index in [9.17, 15) is 4.79 Å². The molecule has 2 saturated carbocycles. The van der Waals surface area contributed by atoms with Crippen molar-refractivity contribution in [3.8, 4) is 0 Å². The van der Waals surface area contributed by atoms with Crippen molar-refractivity contribution in [3.05, 3.63) is 0 Å². The predicted molar refractivity (Wildman–Crippen MR) is 77.2 cm³/mol. The first kappa shape index (κ1) is 14.8. The largest absolute Gasteiger partial charge is 0.481 e. The number of hydrogen-bond donors (Lipinski definition) is 2. The molecule has 0 aromatic rings. The van der Waals surface area contributed by atoms with Crippen molar-refractivity contribution >= 4 is 5.97 Å². The summed E-state index contributed by atoms with van der Waals surface area (Å²) in [5, 5.41) is 12.7. The van der Waals surface area contributed by atoms with Crippen LogP contribution in [0.1, 0.15) is 71.1 Å². The summed E-state index contributed by atoms with van der Waals surface area (Å²) in [6.45, 7) is 2.30. The lowest BCUT2D eigenvalue weighted by atomic mass is 9.83. The van der Waals surface area contributed by atoms with Crippen LogP contribution < -0.4 is 5.32 Å². The zero-order valence-corrected chi connectivity index (χ0v) is 12.2. The third kappa shape index (κ3) is 4.79. The Morgan fingerprint density at radius 1 is 1.11 bits per heavy atom. The second kappa shape index (κ2) is 7.28. The molecule has 3 nitrogen and oxygen atoms in total. The minimum Gasteiger partial charge on any atom is -0.481 e. The average molecular weight is 267 g/mol. The van der Waals surface area contributed by atoms with Gasteiger partial charge in [-0.15, -0.1) is 0 Å². The SMILES string of the molecule is C[C@@H](CC1CCCCC1)NC1CCC(C(=O)O)CC1. The Kier molecular flexibility index (Phi) is 5.68. The number of carbonyl (C=O) groups is 1. The van der Waals surface area contributed by atoms with Gasteiger partial charge in [0, 0.05) is 12.1 Å². The van der Waals surface area contributed by atoms with Crippen LogP contribution in [0, 0.1) is 11.8 Å². The summed E-state index contributed by atoms with van der Waals surface area (Å²) in [5.41, 5.74) is 0. The van der Waals surface area contributed by atoms with Gasteiger partial charge < -0.3 is 10.4 Å². The van der Waals surface area contributed by atoms with Crippen molar-refractivity contribution in [1.82, 2.24) is 5.32 Å². The molecule has 19 heavy (non-hydrogen) atoms. The fourth-order valence-corrected chi connectivity index (χ4v) is 3.90. The van der Waals surface area contributed by atoms with Crippen LogP contribution >= 0.6 is 0 Å². The van der Waals surface area contributed by atoms with Crippen molar-refractivity contribution in [3.63, 3.8) is 0 Å². The molecule has 0 bridgehead atoms. The highest BCUT2D eigenvalue weighted by atomic mass is 16.4. The van der Waals surface area contributed by atoms with Crippen LogP contribution in [-0.4, -0.2) is 23.2 Å². The van der Waals surface area contributed by atoms with E-state index in [2.05, 4.69) is 12.2 Å². The summed E-state index contributed by atoms with van der Waals surface area (Å²) in [4.78, 5) is 10.9. The zero-order valence-electron chi connectivity index (χ0n) is 12.2. The van der Waals surface area contributed by atoms with E-state index < -0.39 is 5.97 Å². The van der Waals surface area contributed by atoms with E-state index in [1.807, 2.05) is 0 Å². The fourth-order valence-electron chi connectivity index (χ4n) is 3.90. The third-order valence-electron chi connectivity index (χ3n) is 5.01. The molecule has 1 atom stereocenters. The first-order chi connectivity index (χ1) is 9.15. The highest BCUT2D eigenvalue weighted by Crippen LogP contribution is 2.29. The van der Waals surface area contributed by atoms with Crippen molar-refractivity contribution < 1.29 is 9.90 Å². The highest BCUT2D eigenvalue weighted by molar-refractivity contribution is 5.70. The molecular formula is C16H29NO2. The van der Waals surface area contributed by atoms with Gasteiger partial charge in [0.2, 0.25) is 0 Å². The first-order valence-corrected chi connectivity index (χ1v) is 8.14. The minimum absolute atomic E-state index is 0.0910. The first-order valence-electron chi connectivity index (χ1n) is 8.14. The summed E-state index contributed by atoms with van der Waals surface area (Å²) in [6, 6.07) is 1.14. The maximum absolute atomic E-state index is 10.9. The fraction of sp³-hybridized carbons (Fsp3) is 0.938. The number of carboxylic acids is 1. The maximum Gasteiger partial charge on any atom is 0.306 e. The monoisotopic (exact) mass is 267 g/mol. The van der Waals surface area contributed by atoms with Gasteiger partial charge in [-0.1, -0.05) is 32.1 Å². The molecule has 0 spiro atoms. The van der Waals surface area contributed by atoms with Crippen molar-refractivity contribution in [1.29, 1.82) is 0 Å². The van der Waals surface area contributed by atoms with E-state index >= 15 is 0 Å². The summed E-state index contributed by atoms with van der Waals surface area (Å²) in [5.74, 6) is 0.229. The van der Waals surface area contributed by atoms with E-state index in [4.69, 9.17) is 5.11 Å². The van der Waals surface area contributed by atoms with Gasteiger partial charge in [-0.3, -0.25) is 4.79 Å². The molecule has 0 aromatic carbocycles. The van der Waals surface area contributed by atoms with E-state index in [0.29, 0.717) is 12.1 Å². The molecule has 2 aliphatic carbocycles. The topological polar surface area (TPSA) is 49.3 Å². The summed E-state index contributed by atoms with van der Waals surface area (Å²) in [6.07, 6.45) is 12.2. The molecule has 0 saturated heterocycles. The molecule has 0 unspecified atom stereocenters. The molecule has 110 valence electrons. The van der Waals surface area contributed by atoms with Gasteiger partial charge in [-0.2, -0.15) is 0 Å². The van der Waals surface area contributed by atoms with Gasteiger partial charge in [0.1, 0.15) is 0 Å². The molecule has 2 rings (SSSR count). The highest BCUT2D eigenvalue weighted by Gasteiger charge is 2.27. The number of carboxylic acid groups (broad SMARTS) is 1. The van der Waals surface area contributed by atoms with E-state index in [-0.39, 0.29) is 5.92 Å². The quantitative estimate of drug-likeness (QED) is 0.800. The van der Waals surface area contributed by atoms with Crippen LogP contribution in [0.3, 0.4) is 0 Å². The van der Waals surface area contributed by atoms with Gasteiger partial charge in [0.05, 0.1) is 5.92 Å². The van der Waals surface area contributed by atoms with Crippen molar-refractivity contribution in [2.24, 2.45) is 11.8 Å². The van der Waals surface area contributed by atoms with Gasteiger partial charge in [-0.05, 0) is 44.9 Å². The molecule has 2 N–H and O–H groups in total. The van der Waals surface area contributed by atoms with E-state index in [0.717, 1.165) is 31.6 Å². The lowest BCUT2D eigenvalue weighted by molar-refractivity contribution is -0.142. The lowest BCUT2D eigenvalue weighted by Gasteiger charge is -2.31. The summed E-state index contributed by atoms with van der Waals surface area (Å²) >= 11 is 0. The van der Waals surface area contributed by atoms with Gasteiger partial charge in [-0.25, -0.2) is 0 Å². The number of hydrogen-bond acceptors (Lipinski definition) is 2. The smallest absolute Gasteiger partial charge is 0.306 e. The standard InChI is InChI=1S/C16H29NO2/c1-12(11-13-5-3-2-4-6-13)17-15-9-7-14(8-10-15)16(18)19/h12-15,17H,2-11H2,1H3,(H,18,19)/t12-,14?,15?/m0/s1. The summed E-state index contributed by atoms with van der Waals surface area (Å²) < 4.78 is 0. The van der Waals surface area contributed by atoms with E-state index in [1.54, 1.807) is 0 Å². The second-order valence-corrected chi connectivity index (χ2v) is 6.69. The summed E-state index contributed by atoms with van der Waals surface area (Å²) in [7, 11) is 0. The minimum atomic E-state index is -0.603. The van der Waals surface area contributed by atoms with Crippen molar-refractivity contribution in [2.45, 2.75) is 83.2 Å². The second-order valence-electron chi connectivity index (χ2n) is 6.69.